The Morgan fingerprint density at radius 1 is 0.968 bits per heavy atom. The van der Waals surface area contributed by atoms with Crippen LogP contribution in [0, 0.1) is 5.92 Å². The Morgan fingerprint density at radius 2 is 1.65 bits per heavy atom. The van der Waals surface area contributed by atoms with Crippen molar-refractivity contribution in [3.63, 3.8) is 0 Å². The SMILES string of the molecule is CC1CCN(C(=O)c2ccc(NC(=O)CCC(=O)OCCc3ccccc3)cc2)CC1. The molecule has 2 aromatic rings. The molecule has 0 saturated carbocycles. The summed E-state index contributed by atoms with van der Waals surface area (Å²) >= 11 is 0. The Kier molecular flexibility index (Phi) is 8.21. The Labute approximate surface area is 183 Å². The normalized spacial score (nSPS) is 14.2. The number of carbonyl (C=O) groups is 3. The lowest BCUT2D eigenvalue weighted by Gasteiger charge is -2.30. The number of esters is 1. The van der Waals surface area contributed by atoms with Gasteiger partial charge in [-0.3, -0.25) is 14.4 Å². The largest absolute Gasteiger partial charge is 0.465 e. The minimum absolute atomic E-state index is 0.0306. The van der Waals surface area contributed by atoms with Crippen LogP contribution in [0.4, 0.5) is 5.69 Å². The van der Waals surface area contributed by atoms with E-state index in [4.69, 9.17) is 4.74 Å². The summed E-state index contributed by atoms with van der Waals surface area (Å²) < 4.78 is 5.19. The molecule has 0 bridgehead atoms. The number of ether oxygens (including phenoxy) is 1. The van der Waals surface area contributed by atoms with Gasteiger partial charge in [-0.05, 0) is 48.6 Å². The van der Waals surface area contributed by atoms with Crippen LogP contribution in [0.3, 0.4) is 0 Å². The number of hydrogen-bond acceptors (Lipinski definition) is 4. The fourth-order valence-corrected chi connectivity index (χ4v) is 3.53. The van der Waals surface area contributed by atoms with Crippen molar-refractivity contribution in [1.29, 1.82) is 0 Å². The highest BCUT2D eigenvalue weighted by Gasteiger charge is 2.21. The van der Waals surface area contributed by atoms with Crippen LogP contribution in [-0.4, -0.2) is 42.4 Å². The molecule has 0 radical (unpaired) electrons. The molecule has 31 heavy (non-hydrogen) atoms. The molecule has 0 spiro atoms. The lowest BCUT2D eigenvalue weighted by Crippen LogP contribution is -2.37. The van der Waals surface area contributed by atoms with Crippen LogP contribution in [0.2, 0.25) is 0 Å². The van der Waals surface area contributed by atoms with Crippen molar-refractivity contribution in [3.8, 4) is 0 Å². The van der Waals surface area contributed by atoms with Gasteiger partial charge < -0.3 is 15.0 Å². The average molecular weight is 423 g/mol. The summed E-state index contributed by atoms with van der Waals surface area (Å²) in [6.07, 6.45) is 2.81. The summed E-state index contributed by atoms with van der Waals surface area (Å²) in [6, 6.07) is 16.7. The van der Waals surface area contributed by atoms with Crippen LogP contribution in [0.25, 0.3) is 0 Å². The summed E-state index contributed by atoms with van der Waals surface area (Å²) in [7, 11) is 0. The van der Waals surface area contributed by atoms with E-state index in [1.54, 1.807) is 24.3 Å². The molecule has 2 aromatic carbocycles. The molecule has 2 amide bonds. The molecular weight excluding hydrogens is 392 g/mol. The van der Waals surface area contributed by atoms with E-state index in [-0.39, 0.29) is 30.6 Å². The van der Waals surface area contributed by atoms with Crippen LogP contribution < -0.4 is 5.32 Å². The number of nitrogens with one attached hydrogen (secondary N) is 1. The number of likely N-dealkylation sites (tertiary alicyclic amines) is 1. The molecule has 1 aliphatic rings. The van der Waals surface area contributed by atoms with E-state index in [0.717, 1.165) is 31.5 Å². The standard InChI is InChI=1S/C25H30N2O4/c1-19-13-16-27(17-14-19)25(30)21-7-9-22(10-8-21)26-23(28)11-12-24(29)31-18-15-20-5-3-2-4-6-20/h2-10,19H,11-18H2,1H3,(H,26,28). The number of hydrogen-bond donors (Lipinski definition) is 1. The van der Waals surface area contributed by atoms with E-state index < -0.39 is 0 Å². The van der Waals surface area contributed by atoms with Gasteiger partial charge in [-0.15, -0.1) is 0 Å². The van der Waals surface area contributed by atoms with E-state index in [1.807, 2.05) is 35.2 Å². The monoisotopic (exact) mass is 422 g/mol. The number of anilines is 1. The zero-order valence-corrected chi connectivity index (χ0v) is 18.0. The van der Waals surface area contributed by atoms with Crippen LogP contribution in [0.1, 0.15) is 48.5 Å². The first kappa shape index (κ1) is 22.5. The van der Waals surface area contributed by atoms with Crippen molar-refractivity contribution in [2.45, 2.75) is 39.0 Å². The second kappa shape index (κ2) is 11.3. The molecule has 1 fully saturated rings. The second-order valence-electron chi connectivity index (χ2n) is 8.06. The number of amides is 2. The highest BCUT2D eigenvalue weighted by atomic mass is 16.5. The van der Waals surface area contributed by atoms with Gasteiger partial charge in [0.2, 0.25) is 5.91 Å². The molecule has 0 unspecified atom stereocenters. The van der Waals surface area contributed by atoms with Crippen LogP contribution in [0.5, 0.6) is 0 Å². The molecule has 1 N–H and O–H groups in total. The third-order valence-corrected chi connectivity index (χ3v) is 5.54. The molecule has 164 valence electrons. The van der Waals surface area contributed by atoms with Gasteiger partial charge in [0, 0.05) is 37.2 Å². The number of rotatable bonds is 8. The molecule has 0 atom stereocenters. The van der Waals surface area contributed by atoms with Gasteiger partial charge in [-0.1, -0.05) is 37.3 Å². The topological polar surface area (TPSA) is 75.7 Å². The third kappa shape index (κ3) is 7.24. The van der Waals surface area contributed by atoms with Gasteiger partial charge in [0.05, 0.1) is 13.0 Å². The molecule has 1 saturated heterocycles. The van der Waals surface area contributed by atoms with E-state index in [1.165, 1.54) is 0 Å². The van der Waals surface area contributed by atoms with Gasteiger partial charge >= 0.3 is 5.97 Å². The fraction of sp³-hybridized carbons (Fsp3) is 0.400. The molecule has 1 aliphatic heterocycles. The zero-order valence-electron chi connectivity index (χ0n) is 18.0. The summed E-state index contributed by atoms with van der Waals surface area (Å²) in [5.74, 6) is 0.0535. The number of benzene rings is 2. The van der Waals surface area contributed by atoms with Crippen molar-refractivity contribution in [2.24, 2.45) is 5.92 Å². The van der Waals surface area contributed by atoms with Crippen molar-refractivity contribution in [2.75, 3.05) is 25.0 Å². The summed E-state index contributed by atoms with van der Waals surface area (Å²) in [4.78, 5) is 38.4. The van der Waals surface area contributed by atoms with Gasteiger partial charge in [0.25, 0.3) is 5.91 Å². The Balaban J connectivity index is 1.37. The molecule has 1 heterocycles. The van der Waals surface area contributed by atoms with Gasteiger partial charge in [-0.25, -0.2) is 0 Å². The summed E-state index contributed by atoms with van der Waals surface area (Å²) in [5, 5.41) is 2.76. The third-order valence-electron chi connectivity index (χ3n) is 5.54. The first-order chi connectivity index (χ1) is 15.0. The van der Waals surface area contributed by atoms with Gasteiger partial charge in [0.15, 0.2) is 0 Å². The Bertz CT molecular complexity index is 872. The maximum absolute atomic E-state index is 12.6. The van der Waals surface area contributed by atoms with Gasteiger partial charge in [-0.2, -0.15) is 0 Å². The maximum atomic E-state index is 12.6. The molecule has 6 heteroatoms. The van der Waals surface area contributed by atoms with E-state index in [2.05, 4.69) is 12.2 Å². The van der Waals surface area contributed by atoms with Crippen LogP contribution in [0.15, 0.2) is 54.6 Å². The second-order valence-corrected chi connectivity index (χ2v) is 8.06. The molecule has 0 aromatic heterocycles. The number of carbonyl (C=O) groups excluding carboxylic acids is 3. The average Bonchev–Trinajstić information content (AvgIpc) is 2.79. The van der Waals surface area contributed by atoms with E-state index in [0.29, 0.717) is 30.2 Å². The van der Waals surface area contributed by atoms with Crippen molar-refractivity contribution in [1.82, 2.24) is 4.90 Å². The number of nitrogens with zero attached hydrogens (tertiary/aromatic N) is 1. The molecule has 3 rings (SSSR count). The van der Waals surface area contributed by atoms with E-state index in [9.17, 15) is 14.4 Å². The summed E-state index contributed by atoms with van der Waals surface area (Å²) in [5.41, 5.74) is 2.32. The maximum Gasteiger partial charge on any atom is 0.306 e. The fourth-order valence-electron chi connectivity index (χ4n) is 3.53. The summed E-state index contributed by atoms with van der Waals surface area (Å²) in [6.45, 7) is 4.10. The first-order valence-corrected chi connectivity index (χ1v) is 10.9. The van der Waals surface area contributed by atoms with Crippen molar-refractivity contribution in [3.05, 3.63) is 65.7 Å². The number of piperidine rings is 1. The Morgan fingerprint density at radius 3 is 2.32 bits per heavy atom. The minimum atomic E-state index is -0.386. The van der Waals surface area contributed by atoms with E-state index >= 15 is 0 Å². The first-order valence-electron chi connectivity index (χ1n) is 10.9. The van der Waals surface area contributed by atoms with Crippen LogP contribution in [-0.2, 0) is 20.7 Å². The highest BCUT2D eigenvalue weighted by molar-refractivity contribution is 5.96. The lowest BCUT2D eigenvalue weighted by molar-refractivity contribution is -0.144. The zero-order chi connectivity index (χ0) is 22.1. The molecule has 0 aliphatic carbocycles. The van der Waals surface area contributed by atoms with Gasteiger partial charge in [0.1, 0.15) is 0 Å². The Hall–Kier alpha value is -3.15. The van der Waals surface area contributed by atoms with Crippen molar-refractivity contribution >= 4 is 23.5 Å². The highest BCUT2D eigenvalue weighted by Crippen LogP contribution is 2.19. The predicted octanol–water partition coefficient (Wildman–Crippen LogP) is 4.06. The molecular formula is C25H30N2O4. The lowest BCUT2D eigenvalue weighted by atomic mass is 9.98. The smallest absolute Gasteiger partial charge is 0.306 e. The van der Waals surface area contributed by atoms with Crippen LogP contribution >= 0.6 is 0 Å². The van der Waals surface area contributed by atoms with Crippen molar-refractivity contribution < 1.29 is 19.1 Å². The minimum Gasteiger partial charge on any atom is -0.465 e. The quantitative estimate of drug-likeness (QED) is 0.651. The molecule has 6 nitrogen and oxygen atoms in total. The predicted molar refractivity (Wildman–Crippen MR) is 120 cm³/mol.